The van der Waals surface area contributed by atoms with Crippen LogP contribution in [0.4, 0.5) is 4.39 Å². The first kappa shape index (κ1) is 16.4. The van der Waals surface area contributed by atoms with Crippen molar-refractivity contribution in [3.8, 4) is 5.75 Å². The van der Waals surface area contributed by atoms with Gasteiger partial charge in [0.2, 0.25) is 0 Å². The van der Waals surface area contributed by atoms with E-state index in [1.165, 1.54) is 12.1 Å². The molecule has 1 aromatic carbocycles. The number of primary amides is 1. The van der Waals surface area contributed by atoms with E-state index < -0.39 is 11.7 Å². The number of nitrogens with two attached hydrogens (primary N) is 1. The molecule has 0 bridgehead atoms. The fourth-order valence-electron chi connectivity index (χ4n) is 1.72. The highest BCUT2D eigenvalue weighted by atomic mass is 19.1. The van der Waals surface area contributed by atoms with E-state index in [1.54, 1.807) is 0 Å². The molecule has 0 heterocycles. The molecule has 1 amide bonds. The molecule has 20 heavy (non-hydrogen) atoms. The van der Waals surface area contributed by atoms with Crippen molar-refractivity contribution in [2.24, 2.45) is 5.73 Å². The lowest BCUT2D eigenvalue weighted by Crippen LogP contribution is -2.21. The van der Waals surface area contributed by atoms with Crippen molar-refractivity contribution in [3.63, 3.8) is 0 Å². The molecule has 5 nitrogen and oxygen atoms in total. The second-order valence-electron chi connectivity index (χ2n) is 3.95. The van der Waals surface area contributed by atoms with Crippen molar-refractivity contribution in [2.75, 3.05) is 19.8 Å². The zero-order chi connectivity index (χ0) is 15.0. The Labute approximate surface area is 117 Å². The molecule has 0 fully saturated rings. The fraction of sp³-hybridized carbons (Fsp3) is 0.500. The molecule has 0 atom stereocenters. The first-order valence-corrected chi connectivity index (χ1v) is 6.54. The maximum absolute atomic E-state index is 13.5. The summed E-state index contributed by atoms with van der Waals surface area (Å²) in [5.74, 6) is -1.42. The maximum Gasteiger partial charge on any atom is 0.255 e. The van der Waals surface area contributed by atoms with Gasteiger partial charge in [0.15, 0.2) is 6.29 Å². The van der Waals surface area contributed by atoms with Crippen molar-refractivity contribution < 1.29 is 23.4 Å². The molecule has 0 spiro atoms. The van der Waals surface area contributed by atoms with Gasteiger partial charge >= 0.3 is 0 Å². The van der Waals surface area contributed by atoms with E-state index >= 15 is 0 Å². The summed E-state index contributed by atoms with van der Waals surface area (Å²) in [4.78, 5) is 11.2. The van der Waals surface area contributed by atoms with Crippen molar-refractivity contribution in [2.45, 2.75) is 26.6 Å². The third-order valence-corrected chi connectivity index (χ3v) is 2.54. The number of amides is 1. The van der Waals surface area contributed by atoms with E-state index in [0.717, 1.165) is 6.07 Å². The van der Waals surface area contributed by atoms with Gasteiger partial charge in [-0.05, 0) is 26.0 Å². The summed E-state index contributed by atoms with van der Waals surface area (Å²) in [6.45, 7) is 5.01. The lowest BCUT2D eigenvalue weighted by Gasteiger charge is -2.17. The highest BCUT2D eigenvalue weighted by Gasteiger charge is 2.16. The number of benzene rings is 1. The van der Waals surface area contributed by atoms with Crippen LogP contribution in [-0.4, -0.2) is 32.0 Å². The number of hydrogen-bond acceptors (Lipinski definition) is 4. The summed E-state index contributed by atoms with van der Waals surface area (Å²) in [6.07, 6.45) is 0.0896. The smallest absolute Gasteiger partial charge is 0.255 e. The monoisotopic (exact) mass is 285 g/mol. The Kier molecular flexibility index (Phi) is 6.97. The van der Waals surface area contributed by atoms with Gasteiger partial charge in [-0.1, -0.05) is 6.07 Å². The first-order valence-electron chi connectivity index (χ1n) is 6.54. The first-order chi connectivity index (χ1) is 9.60. The van der Waals surface area contributed by atoms with Crippen molar-refractivity contribution >= 4 is 5.91 Å². The number of ether oxygens (including phenoxy) is 3. The van der Waals surface area contributed by atoms with Gasteiger partial charge in [0.25, 0.3) is 5.91 Å². The van der Waals surface area contributed by atoms with Gasteiger partial charge in [-0.15, -0.1) is 0 Å². The molecule has 0 aromatic heterocycles. The Morgan fingerprint density at radius 2 is 1.95 bits per heavy atom. The SMILES string of the molecule is CCOC(CCOc1cccc(F)c1C(N)=O)OCC. The van der Waals surface area contributed by atoms with Crippen LogP contribution < -0.4 is 10.5 Å². The number of carbonyl (C=O) groups is 1. The molecule has 0 aliphatic carbocycles. The van der Waals surface area contributed by atoms with Gasteiger partial charge in [0.05, 0.1) is 6.61 Å². The van der Waals surface area contributed by atoms with E-state index in [-0.39, 0.29) is 24.2 Å². The third kappa shape index (κ3) is 4.79. The second kappa shape index (κ2) is 8.50. The standard InChI is InChI=1S/C14H20FNO4/c1-3-18-12(19-4-2)8-9-20-11-7-5-6-10(15)13(11)14(16)17/h5-7,12H,3-4,8-9H2,1-2H3,(H2,16,17). The predicted octanol–water partition coefficient (Wildman–Crippen LogP) is 2.09. The lowest BCUT2D eigenvalue weighted by molar-refractivity contribution is -0.142. The summed E-state index contributed by atoms with van der Waals surface area (Å²) in [7, 11) is 0. The third-order valence-electron chi connectivity index (χ3n) is 2.54. The van der Waals surface area contributed by atoms with Gasteiger partial charge in [0, 0.05) is 19.6 Å². The van der Waals surface area contributed by atoms with Crippen molar-refractivity contribution in [1.82, 2.24) is 0 Å². The summed E-state index contributed by atoms with van der Waals surface area (Å²) < 4.78 is 29.6. The van der Waals surface area contributed by atoms with Crippen LogP contribution in [0.15, 0.2) is 18.2 Å². The van der Waals surface area contributed by atoms with E-state index in [0.29, 0.717) is 19.6 Å². The van der Waals surface area contributed by atoms with Crippen LogP contribution in [0.5, 0.6) is 5.75 Å². The average Bonchev–Trinajstić information content (AvgIpc) is 2.38. The molecule has 0 aliphatic rings. The van der Waals surface area contributed by atoms with E-state index in [9.17, 15) is 9.18 Å². The van der Waals surface area contributed by atoms with Crippen molar-refractivity contribution in [1.29, 1.82) is 0 Å². The minimum atomic E-state index is -0.857. The molecule has 0 saturated carbocycles. The Morgan fingerprint density at radius 1 is 1.30 bits per heavy atom. The molecular formula is C14H20FNO4. The van der Waals surface area contributed by atoms with E-state index in [1.807, 2.05) is 13.8 Å². The zero-order valence-corrected chi connectivity index (χ0v) is 11.7. The van der Waals surface area contributed by atoms with E-state index in [2.05, 4.69) is 0 Å². The van der Waals surface area contributed by atoms with Crippen LogP contribution in [0, 0.1) is 5.82 Å². The molecule has 6 heteroatoms. The Hall–Kier alpha value is -1.66. The summed E-state index contributed by atoms with van der Waals surface area (Å²) in [6, 6.07) is 4.12. The second-order valence-corrected chi connectivity index (χ2v) is 3.95. The molecule has 0 saturated heterocycles. The van der Waals surface area contributed by atoms with Gasteiger partial charge in [-0.25, -0.2) is 4.39 Å². The summed E-state index contributed by atoms with van der Waals surface area (Å²) in [5, 5.41) is 0. The fourth-order valence-corrected chi connectivity index (χ4v) is 1.72. The minimum Gasteiger partial charge on any atom is -0.492 e. The van der Waals surface area contributed by atoms with Gasteiger partial charge in [-0.3, -0.25) is 4.79 Å². The van der Waals surface area contributed by atoms with Crippen LogP contribution >= 0.6 is 0 Å². The average molecular weight is 285 g/mol. The van der Waals surface area contributed by atoms with Crippen LogP contribution in [-0.2, 0) is 9.47 Å². The predicted molar refractivity (Wildman–Crippen MR) is 72.1 cm³/mol. The minimum absolute atomic E-state index is 0.129. The molecule has 0 unspecified atom stereocenters. The van der Waals surface area contributed by atoms with Gasteiger partial charge in [-0.2, -0.15) is 0 Å². The number of hydrogen-bond donors (Lipinski definition) is 1. The molecule has 0 radical (unpaired) electrons. The largest absolute Gasteiger partial charge is 0.492 e. The van der Waals surface area contributed by atoms with Crippen molar-refractivity contribution in [3.05, 3.63) is 29.6 Å². The van der Waals surface area contributed by atoms with Gasteiger partial charge in [0.1, 0.15) is 17.1 Å². The Balaban J connectivity index is 2.61. The van der Waals surface area contributed by atoms with Crippen LogP contribution in [0.1, 0.15) is 30.6 Å². The molecular weight excluding hydrogens is 265 g/mol. The zero-order valence-electron chi connectivity index (χ0n) is 11.7. The number of halogens is 1. The van der Waals surface area contributed by atoms with Crippen LogP contribution in [0.25, 0.3) is 0 Å². The lowest BCUT2D eigenvalue weighted by atomic mass is 10.2. The van der Waals surface area contributed by atoms with E-state index in [4.69, 9.17) is 19.9 Å². The molecule has 0 aliphatic heterocycles. The maximum atomic E-state index is 13.5. The quantitative estimate of drug-likeness (QED) is 0.705. The van der Waals surface area contributed by atoms with Crippen LogP contribution in [0.3, 0.4) is 0 Å². The molecule has 2 N–H and O–H groups in total. The highest BCUT2D eigenvalue weighted by Crippen LogP contribution is 2.21. The number of carbonyl (C=O) groups excluding carboxylic acids is 1. The Morgan fingerprint density at radius 3 is 2.50 bits per heavy atom. The normalized spacial score (nSPS) is 10.8. The molecule has 1 aromatic rings. The molecule has 112 valence electrons. The number of rotatable bonds is 9. The topological polar surface area (TPSA) is 70.8 Å². The van der Waals surface area contributed by atoms with Crippen LogP contribution in [0.2, 0.25) is 0 Å². The highest BCUT2D eigenvalue weighted by molar-refractivity contribution is 5.95. The summed E-state index contributed by atoms with van der Waals surface area (Å²) in [5.41, 5.74) is 4.90. The molecule has 1 rings (SSSR count). The summed E-state index contributed by atoms with van der Waals surface area (Å²) >= 11 is 0. The van der Waals surface area contributed by atoms with Gasteiger partial charge < -0.3 is 19.9 Å². The Bertz CT molecular complexity index is 433.